The van der Waals surface area contributed by atoms with Gasteiger partial charge < -0.3 is 14.9 Å². The number of rotatable bonds is 5. The summed E-state index contributed by atoms with van der Waals surface area (Å²) in [7, 11) is 0. The molecule has 0 bridgehead atoms. The summed E-state index contributed by atoms with van der Waals surface area (Å²) >= 11 is 0. The Hall–Kier alpha value is -2.21. The number of aromatic nitrogens is 5. The maximum Gasteiger partial charge on any atom is 0.137 e. The van der Waals surface area contributed by atoms with Gasteiger partial charge in [-0.3, -0.25) is 0 Å². The van der Waals surface area contributed by atoms with Crippen molar-refractivity contribution >= 4 is 11.0 Å². The molecular formula is C13H16N6. The fourth-order valence-electron chi connectivity index (χ4n) is 2.15. The van der Waals surface area contributed by atoms with Crippen LogP contribution < -0.4 is 5.32 Å². The smallest absolute Gasteiger partial charge is 0.137 e. The number of H-pyrrole nitrogens is 1. The molecule has 0 amide bonds. The number of fused-ring (bicyclic) bond motifs is 1. The van der Waals surface area contributed by atoms with Crippen molar-refractivity contribution in [2.24, 2.45) is 0 Å². The maximum absolute atomic E-state index is 4.29. The van der Waals surface area contributed by atoms with Gasteiger partial charge in [-0.2, -0.15) is 0 Å². The van der Waals surface area contributed by atoms with E-state index >= 15 is 0 Å². The molecule has 6 heteroatoms. The zero-order valence-electron chi connectivity index (χ0n) is 10.7. The van der Waals surface area contributed by atoms with Crippen molar-refractivity contribution in [1.82, 2.24) is 30.0 Å². The fourth-order valence-corrected chi connectivity index (χ4v) is 2.15. The van der Waals surface area contributed by atoms with Crippen molar-refractivity contribution in [2.75, 3.05) is 0 Å². The molecule has 3 heterocycles. The molecular weight excluding hydrogens is 240 g/mol. The van der Waals surface area contributed by atoms with Gasteiger partial charge in [-0.25, -0.2) is 4.98 Å². The zero-order valence-corrected chi connectivity index (χ0v) is 10.7. The van der Waals surface area contributed by atoms with E-state index < -0.39 is 0 Å². The minimum absolute atomic E-state index is 0.346. The maximum atomic E-state index is 4.29. The highest BCUT2D eigenvalue weighted by molar-refractivity contribution is 5.79. The first-order chi connectivity index (χ1) is 9.33. The second kappa shape index (κ2) is 5.19. The van der Waals surface area contributed by atoms with Crippen LogP contribution in [0.15, 0.2) is 37.2 Å². The Morgan fingerprint density at radius 2 is 2.16 bits per heavy atom. The predicted octanol–water partition coefficient (Wildman–Crippen LogP) is 1.33. The fraction of sp³-hybridized carbons (Fsp3) is 0.308. The molecule has 0 saturated heterocycles. The van der Waals surface area contributed by atoms with E-state index in [4.69, 9.17) is 0 Å². The Bertz CT molecular complexity index is 642. The molecule has 0 aliphatic rings. The Morgan fingerprint density at radius 3 is 3.00 bits per heavy atom. The van der Waals surface area contributed by atoms with Gasteiger partial charge in [0, 0.05) is 36.9 Å². The molecule has 0 radical (unpaired) electrons. The Morgan fingerprint density at radius 1 is 1.32 bits per heavy atom. The van der Waals surface area contributed by atoms with Crippen LogP contribution in [0.25, 0.3) is 11.0 Å². The first-order valence-corrected chi connectivity index (χ1v) is 6.29. The van der Waals surface area contributed by atoms with E-state index in [0.29, 0.717) is 6.04 Å². The van der Waals surface area contributed by atoms with Crippen LogP contribution in [0.1, 0.15) is 12.5 Å². The lowest BCUT2D eigenvalue weighted by atomic mass is 10.2. The van der Waals surface area contributed by atoms with Gasteiger partial charge >= 0.3 is 0 Å². The monoisotopic (exact) mass is 256 g/mol. The van der Waals surface area contributed by atoms with Crippen molar-refractivity contribution in [3.05, 3.63) is 42.7 Å². The normalized spacial score (nSPS) is 12.9. The molecule has 0 aliphatic heterocycles. The highest BCUT2D eigenvalue weighted by atomic mass is 15.2. The Labute approximate surface area is 110 Å². The molecule has 0 aromatic carbocycles. The van der Waals surface area contributed by atoms with Crippen LogP contribution >= 0.6 is 0 Å². The van der Waals surface area contributed by atoms with Gasteiger partial charge in [0.05, 0.1) is 0 Å². The number of hydrogen-bond acceptors (Lipinski definition) is 4. The average molecular weight is 256 g/mol. The van der Waals surface area contributed by atoms with E-state index in [2.05, 4.69) is 44.5 Å². The summed E-state index contributed by atoms with van der Waals surface area (Å²) in [4.78, 5) is 7.41. The summed E-state index contributed by atoms with van der Waals surface area (Å²) < 4.78 is 1.97. The number of aromatic amines is 1. The topological polar surface area (TPSA) is 71.4 Å². The van der Waals surface area contributed by atoms with Gasteiger partial charge in [-0.05, 0) is 24.6 Å². The van der Waals surface area contributed by atoms with Crippen LogP contribution in [-0.4, -0.2) is 30.8 Å². The molecule has 0 spiro atoms. The molecule has 2 N–H and O–H groups in total. The predicted molar refractivity (Wildman–Crippen MR) is 72.4 cm³/mol. The van der Waals surface area contributed by atoms with Gasteiger partial charge in [0.15, 0.2) is 0 Å². The van der Waals surface area contributed by atoms with Crippen molar-refractivity contribution < 1.29 is 0 Å². The summed E-state index contributed by atoms with van der Waals surface area (Å²) in [5, 5.41) is 12.3. The Kier molecular flexibility index (Phi) is 3.24. The molecule has 1 atom stereocenters. The number of nitrogens with zero attached hydrogens (tertiary/aromatic N) is 4. The van der Waals surface area contributed by atoms with Crippen LogP contribution in [0.3, 0.4) is 0 Å². The molecule has 6 nitrogen and oxygen atoms in total. The minimum atomic E-state index is 0.346. The first-order valence-electron chi connectivity index (χ1n) is 6.29. The molecule has 0 fully saturated rings. The third-order valence-corrected chi connectivity index (χ3v) is 3.14. The summed E-state index contributed by atoms with van der Waals surface area (Å²) in [5.74, 6) is 0. The van der Waals surface area contributed by atoms with E-state index in [1.807, 2.05) is 17.0 Å². The second-order valence-corrected chi connectivity index (χ2v) is 4.65. The van der Waals surface area contributed by atoms with E-state index in [-0.39, 0.29) is 0 Å². The van der Waals surface area contributed by atoms with Crippen molar-refractivity contribution in [2.45, 2.75) is 26.1 Å². The summed E-state index contributed by atoms with van der Waals surface area (Å²) in [6.07, 6.45) is 7.21. The number of hydrogen-bond donors (Lipinski definition) is 2. The van der Waals surface area contributed by atoms with Crippen LogP contribution in [0, 0.1) is 0 Å². The van der Waals surface area contributed by atoms with Crippen LogP contribution in [0.2, 0.25) is 0 Å². The third kappa shape index (κ3) is 2.63. The minimum Gasteiger partial charge on any atom is -0.346 e. The average Bonchev–Trinajstić information content (AvgIpc) is 3.06. The van der Waals surface area contributed by atoms with Gasteiger partial charge in [-0.1, -0.05) is 0 Å². The van der Waals surface area contributed by atoms with Gasteiger partial charge in [-0.15, -0.1) is 10.2 Å². The lowest BCUT2D eigenvalue weighted by Gasteiger charge is -2.14. The van der Waals surface area contributed by atoms with Crippen molar-refractivity contribution in [3.8, 4) is 0 Å². The lowest BCUT2D eigenvalue weighted by Crippen LogP contribution is -2.29. The third-order valence-electron chi connectivity index (χ3n) is 3.14. The number of pyridine rings is 1. The van der Waals surface area contributed by atoms with Crippen LogP contribution in [0.4, 0.5) is 0 Å². The molecule has 1 unspecified atom stereocenters. The summed E-state index contributed by atoms with van der Waals surface area (Å²) in [5.41, 5.74) is 2.19. The molecule has 19 heavy (non-hydrogen) atoms. The highest BCUT2D eigenvalue weighted by Crippen LogP contribution is 2.14. The van der Waals surface area contributed by atoms with E-state index in [9.17, 15) is 0 Å². The lowest BCUT2D eigenvalue weighted by molar-refractivity contribution is 0.476. The molecule has 98 valence electrons. The van der Waals surface area contributed by atoms with E-state index in [1.165, 1.54) is 10.9 Å². The second-order valence-electron chi connectivity index (χ2n) is 4.65. The van der Waals surface area contributed by atoms with E-state index in [1.54, 1.807) is 12.7 Å². The summed E-state index contributed by atoms with van der Waals surface area (Å²) in [6, 6.07) is 4.46. The molecule has 3 aromatic heterocycles. The van der Waals surface area contributed by atoms with Gasteiger partial charge in [0.2, 0.25) is 0 Å². The highest BCUT2D eigenvalue weighted by Gasteiger charge is 2.06. The van der Waals surface area contributed by atoms with Crippen molar-refractivity contribution in [1.29, 1.82) is 0 Å². The number of nitrogens with one attached hydrogen (secondary N) is 2. The van der Waals surface area contributed by atoms with Crippen molar-refractivity contribution in [3.63, 3.8) is 0 Å². The quantitative estimate of drug-likeness (QED) is 0.722. The Balaban J connectivity index is 1.64. The van der Waals surface area contributed by atoms with E-state index in [0.717, 1.165) is 18.7 Å². The molecule has 3 aromatic rings. The summed E-state index contributed by atoms with van der Waals surface area (Å²) in [6.45, 7) is 3.82. The first kappa shape index (κ1) is 11.9. The SMILES string of the molecule is CC(Cn1cnnc1)NCc1ccnc2[nH]ccc12. The van der Waals surface area contributed by atoms with Gasteiger partial charge in [0.1, 0.15) is 18.3 Å². The zero-order chi connectivity index (χ0) is 13.1. The molecule has 3 rings (SSSR count). The van der Waals surface area contributed by atoms with Crippen LogP contribution in [-0.2, 0) is 13.1 Å². The molecule has 0 aliphatic carbocycles. The van der Waals surface area contributed by atoms with Gasteiger partial charge in [0.25, 0.3) is 0 Å². The molecule has 0 saturated carbocycles. The van der Waals surface area contributed by atoms with Crippen LogP contribution in [0.5, 0.6) is 0 Å². The largest absolute Gasteiger partial charge is 0.346 e. The standard InChI is InChI=1S/C13H16N6/c1-10(7-19-8-17-18-9-19)16-6-11-2-4-14-13-12(11)3-5-15-13/h2-5,8-10,16H,6-7H2,1H3,(H,14,15).